The first-order valence-corrected chi connectivity index (χ1v) is 6.90. The molecule has 5 nitrogen and oxygen atoms in total. The summed E-state index contributed by atoms with van der Waals surface area (Å²) in [5, 5.41) is 0.895. The predicted octanol–water partition coefficient (Wildman–Crippen LogP) is 1.99. The third-order valence-electron chi connectivity index (χ3n) is 2.96. The van der Waals surface area contributed by atoms with Gasteiger partial charge in [-0.25, -0.2) is 0 Å². The maximum absolute atomic E-state index is 12.5. The number of methoxy groups -OCH3 is 1. The monoisotopic (exact) mass is 279 g/mol. The quantitative estimate of drug-likeness (QED) is 0.908. The molecule has 2 rings (SSSR count). The summed E-state index contributed by atoms with van der Waals surface area (Å²) in [6, 6.07) is 1.84. The fraction of sp³-hybridized carbons (Fsp3) is 0.385. The summed E-state index contributed by atoms with van der Waals surface area (Å²) >= 11 is 1.39. The lowest BCUT2D eigenvalue weighted by molar-refractivity contribution is 0.0712. The molecule has 2 N–H and O–H groups in total. The zero-order valence-electron chi connectivity index (χ0n) is 11.0. The first-order chi connectivity index (χ1) is 9.19. The summed E-state index contributed by atoms with van der Waals surface area (Å²) in [4.78, 5) is 18.8. The minimum absolute atomic E-state index is 0.0433. The van der Waals surface area contributed by atoms with Crippen LogP contribution < -0.4 is 5.73 Å². The highest BCUT2D eigenvalue weighted by atomic mass is 32.1. The number of thiophene rings is 1. The second-order valence-corrected chi connectivity index (χ2v) is 5.15. The normalized spacial score (nSPS) is 10.8. The van der Waals surface area contributed by atoms with E-state index >= 15 is 0 Å². The molecule has 19 heavy (non-hydrogen) atoms. The molecule has 6 heteroatoms. The molecular weight excluding hydrogens is 262 g/mol. The van der Waals surface area contributed by atoms with Crippen LogP contribution in [0.4, 0.5) is 5.69 Å². The number of carbonyl (C=O) groups is 1. The van der Waals surface area contributed by atoms with Crippen LogP contribution in [-0.2, 0) is 4.74 Å². The molecule has 0 saturated carbocycles. The lowest BCUT2D eigenvalue weighted by Crippen LogP contribution is -2.33. The predicted molar refractivity (Wildman–Crippen MR) is 77.5 cm³/mol. The topological polar surface area (TPSA) is 68.5 Å². The highest BCUT2D eigenvalue weighted by Crippen LogP contribution is 2.33. The van der Waals surface area contributed by atoms with Crippen molar-refractivity contribution >= 4 is 33.0 Å². The Hall–Kier alpha value is -1.66. The molecule has 0 aromatic carbocycles. The minimum Gasteiger partial charge on any atom is -0.397 e. The molecule has 0 fully saturated rings. The van der Waals surface area contributed by atoms with E-state index in [1.165, 1.54) is 11.3 Å². The number of nitrogen functional groups attached to an aromatic ring is 1. The number of rotatable bonds is 5. The zero-order valence-corrected chi connectivity index (χ0v) is 11.9. The van der Waals surface area contributed by atoms with Crippen LogP contribution in [0.3, 0.4) is 0 Å². The van der Waals surface area contributed by atoms with Gasteiger partial charge in [-0.2, -0.15) is 0 Å². The van der Waals surface area contributed by atoms with Gasteiger partial charge in [-0.15, -0.1) is 11.3 Å². The van der Waals surface area contributed by atoms with E-state index in [-0.39, 0.29) is 5.91 Å². The van der Waals surface area contributed by atoms with Crippen molar-refractivity contribution in [3.63, 3.8) is 0 Å². The average Bonchev–Trinajstić information content (AvgIpc) is 2.77. The number of carbonyl (C=O) groups excluding carboxylic acids is 1. The number of nitrogens with zero attached hydrogens (tertiary/aromatic N) is 2. The van der Waals surface area contributed by atoms with Gasteiger partial charge in [-0.1, -0.05) is 0 Å². The van der Waals surface area contributed by atoms with E-state index in [4.69, 9.17) is 10.5 Å². The maximum atomic E-state index is 12.5. The van der Waals surface area contributed by atoms with Gasteiger partial charge in [0.05, 0.1) is 17.0 Å². The highest BCUT2D eigenvalue weighted by molar-refractivity contribution is 7.21. The van der Waals surface area contributed by atoms with Gasteiger partial charge < -0.3 is 15.4 Å². The Morgan fingerprint density at radius 2 is 2.37 bits per heavy atom. The highest BCUT2D eigenvalue weighted by Gasteiger charge is 2.20. The van der Waals surface area contributed by atoms with Crippen LogP contribution in [0.25, 0.3) is 10.1 Å². The average molecular weight is 279 g/mol. The standard InChI is InChI=1S/C13H17N3O2S/c1-3-16(6-7-18-2)13(17)12-11(14)9-4-5-15-8-10(9)19-12/h4-5,8H,3,6-7,14H2,1-2H3. The molecule has 1 amide bonds. The van der Waals surface area contributed by atoms with E-state index in [0.717, 1.165) is 10.1 Å². The number of amides is 1. The molecule has 0 unspecified atom stereocenters. The maximum Gasteiger partial charge on any atom is 0.266 e. The third-order valence-corrected chi connectivity index (χ3v) is 4.10. The number of fused-ring (bicyclic) bond motifs is 1. The van der Waals surface area contributed by atoms with Crippen molar-refractivity contribution in [3.8, 4) is 0 Å². The zero-order chi connectivity index (χ0) is 13.8. The van der Waals surface area contributed by atoms with Gasteiger partial charge in [-0.3, -0.25) is 9.78 Å². The minimum atomic E-state index is -0.0433. The lowest BCUT2D eigenvalue weighted by atomic mass is 10.2. The van der Waals surface area contributed by atoms with Gasteiger partial charge in [0.25, 0.3) is 5.91 Å². The summed E-state index contributed by atoms with van der Waals surface area (Å²) in [5.74, 6) is -0.0433. The van der Waals surface area contributed by atoms with Crippen molar-refractivity contribution in [2.24, 2.45) is 0 Å². The molecule has 2 aromatic rings. The molecule has 102 valence electrons. The molecule has 0 saturated heterocycles. The van der Waals surface area contributed by atoms with Crippen molar-refractivity contribution in [2.75, 3.05) is 32.5 Å². The molecule has 0 aliphatic carbocycles. The van der Waals surface area contributed by atoms with Crippen LogP contribution in [-0.4, -0.2) is 42.6 Å². The summed E-state index contributed by atoms with van der Waals surface area (Å²) in [5.41, 5.74) is 6.61. The van der Waals surface area contributed by atoms with Gasteiger partial charge in [0.2, 0.25) is 0 Å². The fourth-order valence-electron chi connectivity index (χ4n) is 1.88. The first-order valence-electron chi connectivity index (χ1n) is 6.09. The number of likely N-dealkylation sites (N-methyl/N-ethyl adjacent to an activating group) is 1. The van der Waals surface area contributed by atoms with Gasteiger partial charge >= 0.3 is 0 Å². The Morgan fingerprint density at radius 3 is 3.00 bits per heavy atom. The van der Waals surface area contributed by atoms with Crippen LogP contribution in [0.1, 0.15) is 16.6 Å². The van der Waals surface area contributed by atoms with Crippen molar-refractivity contribution < 1.29 is 9.53 Å². The van der Waals surface area contributed by atoms with Crippen molar-refractivity contribution in [2.45, 2.75) is 6.92 Å². The Labute approximate surface area is 116 Å². The number of nitrogens with two attached hydrogens (primary N) is 1. The van der Waals surface area contributed by atoms with Gasteiger partial charge in [0, 0.05) is 38.0 Å². The van der Waals surface area contributed by atoms with Crippen LogP contribution in [0.5, 0.6) is 0 Å². The number of ether oxygens (including phenoxy) is 1. The Balaban J connectivity index is 2.32. The van der Waals surface area contributed by atoms with Gasteiger partial charge in [0.15, 0.2) is 0 Å². The number of anilines is 1. The van der Waals surface area contributed by atoms with E-state index in [1.807, 2.05) is 13.0 Å². The van der Waals surface area contributed by atoms with E-state index in [9.17, 15) is 4.79 Å². The van der Waals surface area contributed by atoms with Crippen LogP contribution in [0.2, 0.25) is 0 Å². The summed E-state index contributed by atoms with van der Waals surface area (Å²) in [6.45, 7) is 3.66. The molecule has 0 atom stereocenters. The Kier molecular flexibility index (Phi) is 4.34. The summed E-state index contributed by atoms with van der Waals surface area (Å²) in [7, 11) is 1.62. The second kappa shape index (κ2) is 5.99. The summed E-state index contributed by atoms with van der Waals surface area (Å²) in [6.07, 6.45) is 3.42. The fourth-order valence-corrected chi connectivity index (χ4v) is 2.94. The second-order valence-electron chi connectivity index (χ2n) is 4.09. The molecule has 0 bridgehead atoms. The SMILES string of the molecule is CCN(CCOC)C(=O)c1sc2cnccc2c1N. The number of hydrogen-bond acceptors (Lipinski definition) is 5. The number of pyridine rings is 1. The van der Waals surface area contributed by atoms with Gasteiger partial charge in [-0.05, 0) is 13.0 Å². The van der Waals surface area contributed by atoms with Gasteiger partial charge in [0.1, 0.15) is 4.88 Å². The molecule has 0 aliphatic heterocycles. The van der Waals surface area contributed by atoms with Crippen LogP contribution in [0.15, 0.2) is 18.5 Å². The third kappa shape index (κ3) is 2.69. The first kappa shape index (κ1) is 13.8. The summed E-state index contributed by atoms with van der Waals surface area (Å²) < 4.78 is 5.95. The molecule has 0 spiro atoms. The largest absolute Gasteiger partial charge is 0.397 e. The van der Waals surface area contributed by atoms with E-state index in [1.54, 1.807) is 24.4 Å². The smallest absolute Gasteiger partial charge is 0.266 e. The number of aromatic nitrogens is 1. The van der Waals surface area contributed by atoms with Crippen LogP contribution in [0, 0.1) is 0 Å². The molecule has 2 aromatic heterocycles. The van der Waals surface area contributed by atoms with E-state index in [0.29, 0.717) is 30.3 Å². The van der Waals surface area contributed by atoms with E-state index < -0.39 is 0 Å². The number of hydrogen-bond donors (Lipinski definition) is 1. The van der Waals surface area contributed by atoms with Crippen LogP contribution >= 0.6 is 11.3 Å². The molecule has 0 aliphatic rings. The Bertz CT molecular complexity index is 582. The van der Waals surface area contributed by atoms with Crippen molar-refractivity contribution in [3.05, 3.63) is 23.3 Å². The molecular formula is C13H17N3O2S. The Morgan fingerprint density at radius 1 is 1.58 bits per heavy atom. The van der Waals surface area contributed by atoms with Crippen molar-refractivity contribution in [1.82, 2.24) is 9.88 Å². The molecule has 0 radical (unpaired) electrons. The molecule has 2 heterocycles. The lowest BCUT2D eigenvalue weighted by Gasteiger charge is -2.19. The van der Waals surface area contributed by atoms with E-state index in [2.05, 4.69) is 4.98 Å². The van der Waals surface area contributed by atoms with Crippen molar-refractivity contribution in [1.29, 1.82) is 0 Å².